The summed E-state index contributed by atoms with van der Waals surface area (Å²) in [5.74, 6) is -0.307. The quantitative estimate of drug-likeness (QED) is 0.524. The number of allylic oxidation sites excluding steroid dienone is 1. The van der Waals surface area contributed by atoms with Crippen LogP contribution >= 0.6 is 0 Å². The molecule has 0 radical (unpaired) electrons. The molecule has 0 aliphatic rings. The molecule has 0 fully saturated rings. The second-order valence-electron chi connectivity index (χ2n) is 4.33. The van der Waals surface area contributed by atoms with Gasteiger partial charge >= 0.3 is 5.97 Å². The molecule has 0 aliphatic carbocycles. The minimum atomic E-state index is -0.872. The van der Waals surface area contributed by atoms with E-state index in [0.717, 1.165) is 0 Å². The number of carboxylic acids is 1. The Morgan fingerprint density at radius 3 is 2.36 bits per heavy atom. The third kappa shape index (κ3) is 4.87. The average Bonchev–Trinajstić information content (AvgIpc) is 1.94. The lowest BCUT2D eigenvalue weighted by molar-refractivity contribution is -0.142. The highest BCUT2D eigenvalue weighted by Gasteiger charge is 2.30. The molecule has 2 N–H and O–H groups in total. The van der Waals surface area contributed by atoms with Gasteiger partial charge in [-0.1, -0.05) is 27.4 Å². The van der Waals surface area contributed by atoms with Crippen molar-refractivity contribution in [1.82, 2.24) is 5.32 Å². The minimum absolute atomic E-state index is 0.170. The van der Waals surface area contributed by atoms with Crippen molar-refractivity contribution in [2.24, 2.45) is 5.41 Å². The van der Waals surface area contributed by atoms with E-state index in [2.05, 4.69) is 11.9 Å². The predicted molar refractivity (Wildman–Crippen MR) is 54.8 cm³/mol. The van der Waals surface area contributed by atoms with E-state index in [-0.39, 0.29) is 12.1 Å². The van der Waals surface area contributed by atoms with E-state index < -0.39 is 12.0 Å². The molecular weight excluding hydrogens is 182 g/mol. The number of hydrogen-bond donors (Lipinski definition) is 2. The third-order valence-corrected chi connectivity index (χ3v) is 1.72. The van der Waals surface area contributed by atoms with Gasteiger partial charge in [0.15, 0.2) is 0 Å². The van der Waals surface area contributed by atoms with Crippen LogP contribution in [0.4, 0.5) is 0 Å². The van der Waals surface area contributed by atoms with Gasteiger partial charge in [0.25, 0.3) is 0 Å². The highest BCUT2D eigenvalue weighted by Crippen LogP contribution is 2.19. The summed E-state index contributed by atoms with van der Waals surface area (Å²) >= 11 is 0. The smallest absolute Gasteiger partial charge is 0.321 e. The number of aliphatic carboxylic acids is 1. The first kappa shape index (κ1) is 13.0. The number of rotatable bonds is 5. The molecule has 0 aromatic heterocycles. The molecule has 0 amide bonds. The number of nitrogens with one attached hydrogen (secondary N) is 1. The fourth-order valence-electron chi connectivity index (χ4n) is 1.01. The first-order chi connectivity index (χ1) is 6.25. The van der Waals surface area contributed by atoms with Crippen LogP contribution in [0.25, 0.3) is 0 Å². The summed E-state index contributed by atoms with van der Waals surface area (Å²) in [7, 11) is 0. The maximum atomic E-state index is 10.9. The zero-order valence-electron chi connectivity index (χ0n) is 9.26. The molecule has 0 aromatic rings. The zero-order chi connectivity index (χ0) is 11.4. The van der Waals surface area contributed by atoms with Crippen LogP contribution in [0.15, 0.2) is 12.3 Å². The highest BCUT2D eigenvalue weighted by molar-refractivity contribution is 5.74. The van der Waals surface area contributed by atoms with E-state index in [4.69, 9.17) is 9.84 Å². The summed E-state index contributed by atoms with van der Waals surface area (Å²) in [5.41, 5.74) is -0.343. The minimum Gasteiger partial charge on any atom is -0.484 e. The monoisotopic (exact) mass is 201 g/mol. The van der Waals surface area contributed by atoms with Crippen molar-refractivity contribution in [2.75, 3.05) is 6.73 Å². The molecule has 0 heterocycles. The summed E-state index contributed by atoms with van der Waals surface area (Å²) in [6.07, 6.45) is 0. The lowest BCUT2D eigenvalue weighted by Crippen LogP contribution is -2.47. The van der Waals surface area contributed by atoms with Crippen LogP contribution < -0.4 is 5.32 Å². The lowest BCUT2D eigenvalue weighted by Gasteiger charge is -2.27. The zero-order valence-corrected chi connectivity index (χ0v) is 9.26. The first-order valence-corrected chi connectivity index (χ1v) is 4.49. The lowest BCUT2D eigenvalue weighted by atomic mass is 9.87. The Morgan fingerprint density at radius 1 is 1.57 bits per heavy atom. The molecule has 0 saturated heterocycles. The Labute approximate surface area is 85.0 Å². The largest absolute Gasteiger partial charge is 0.484 e. The Hall–Kier alpha value is -1.03. The molecule has 4 heteroatoms. The fourth-order valence-corrected chi connectivity index (χ4v) is 1.01. The third-order valence-electron chi connectivity index (χ3n) is 1.72. The standard InChI is InChI=1S/C10H19NO3/c1-7(2)14-6-11-8(9(12)13)10(3,4)5/h8,11H,1,6H2,2-5H3,(H,12,13). The van der Waals surface area contributed by atoms with Gasteiger partial charge in [-0.15, -0.1) is 0 Å². The van der Waals surface area contributed by atoms with E-state index in [1.807, 2.05) is 20.8 Å². The Balaban J connectivity index is 4.13. The van der Waals surface area contributed by atoms with Gasteiger partial charge in [-0.25, -0.2) is 0 Å². The number of hydrogen-bond acceptors (Lipinski definition) is 3. The normalized spacial score (nSPS) is 13.4. The van der Waals surface area contributed by atoms with E-state index in [0.29, 0.717) is 5.76 Å². The van der Waals surface area contributed by atoms with Crippen LogP contribution in [-0.2, 0) is 9.53 Å². The van der Waals surface area contributed by atoms with Crippen molar-refractivity contribution in [3.8, 4) is 0 Å². The molecule has 1 atom stereocenters. The number of carbonyl (C=O) groups is 1. The van der Waals surface area contributed by atoms with Gasteiger partial charge in [-0.3, -0.25) is 10.1 Å². The van der Waals surface area contributed by atoms with Crippen LogP contribution in [-0.4, -0.2) is 23.8 Å². The second-order valence-corrected chi connectivity index (χ2v) is 4.33. The second kappa shape index (κ2) is 5.00. The first-order valence-electron chi connectivity index (χ1n) is 4.49. The van der Waals surface area contributed by atoms with Crippen molar-refractivity contribution in [3.05, 3.63) is 12.3 Å². The molecular formula is C10H19NO3. The highest BCUT2D eigenvalue weighted by atomic mass is 16.5. The number of ether oxygens (including phenoxy) is 1. The van der Waals surface area contributed by atoms with Gasteiger partial charge in [0.1, 0.15) is 12.8 Å². The topological polar surface area (TPSA) is 58.6 Å². The van der Waals surface area contributed by atoms with Crippen LogP contribution in [0.1, 0.15) is 27.7 Å². The van der Waals surface area contributed by atoms with Crippen LogP contribution in [0.5, 0.6) is 0 Å². The Kier molecular flexibility index (Phi) is 4.63. The molecule has 0 spiro atoms. The Morgan fingerprint density at radius 2 is 2.07 bits per heavy atom. The molecule has 0 bridgehead atoms. The van der Waals surface area contributed by atoms with E-state index in [1.54, 1.807) is 6.92 Å². The van der Waals surface area contributed by atoms with Gasteiger partial charge in [0.2, 0.25) is 0 Å². The van der Waals surface area contributed by atoms with Crippen LogP contribution in [0, 0.1) is 5.41 Å². The van der Waals surface area contributed by atoms with Crippen LogP contribution in [0.3, 0.4) is 0 Å². The SMILES string of the molecule is C=C(C)OCNC(C(=O)O)C(C)(C)C. The van der Waals surface area contributed by atoms with Gasteiger partial charge in [0.05, 0.1) is 5.76 Å². The summed E-state index contributed by atoms with van der Waals surface area (Å²) in [6, 6.07) is -0.623. The van der Waals surface area contributed by atoms with Gasteiger partial charge in [-0.2, -0.15) is 0 Å². The molecule has 0 saturated carbocycles. The maximum Gasteiger partial charge on any atom is 0.321 e. The van der Waals surface area contributed by atoms with Crippen molar-refractivity contribution >= 4 is 5.97 Å². The predicted octanol–water partition coefficient (Wildman–Crippen LogP) is 1.58. The van der Waals surface area contributed by atoms with Crippen molar-refractivity contribution in [2.45, 2.75) is 33.7 Å². The van der Waals surface area contributed by atoms with Crippen molar-refractivity contribution < 1.29 is 14.6 Å². The molecule has 1 unspecified atom stereocenters. The molecule has 82 valence electrons. The fraction of sp³-hybridized carbons (Fsp3) is 0.700. The summed E-state index contributed by atoms with van der Waals surface area (Å²) in [5, 5.41) is 11.7. The van der Waals surface area contributed by atoms with E-state index >= 15 is 0 Å². The maximum absolute atomic E-state index is 10.9. The summed E-state index contributed by atoms with van der Waals surface area (Å²) in [4.78, 5) is 10.9. The van der Waals surface area contributed by atoms with Crippen molar-refractivity contribution in [3.63, 3.8) is 0 Å². The molecule has 0 aliphatic heterocycles. The van der Waals surface area contributed by atoms with Crippen LogP contribution in [0.2, 0.25) is 0 Å². The summed E-state index contributed by atoms with van der Waals surface area (Å²) < 4.78 is 5.05. The molecule has 0 aromatic carbocycles. The van der Waals surface area contributed by atoms with E-state index in [9.17, 15) is 4.79 Å². The number of carboxylic acid groups (broad SMARTS) is 1. The van der Waals surface area contributed by atoms with Gasteiger partial charge in [0, 0.05) is 0 Å². The van der Waals surface area contributed by atoms with Gasteiger partial charge < -0.3 is 9.84 Å². The molecule has 14 heavy (non-hydrogen) atoms. The summed E-state index contributed by atoms with van der Waals surface area (Å²) in [6.45, 7) is 11.0. The average molecular weight is 201 g/mol. The Bertz CT molecular complexity index is 218. The van der Waals surface area contributed by atoms with Crippen molar-refractivity contribution in [1.29, 1.82) is 0 Å². The van der Waals surface area contributed by atoms with E-state index in [1.165, 1.54) is 0 Å². The van der Waals surface area contributed by atoms with Gasteiger partial charge in [-0.05, 0) is 12.3 Å². The molecule has 0 rings (SSSR count). The molecule has 4 nitrogen and oxygen atoms in total.